The normalized spacial score (nSPS) is 11.7. The summed E-state index contributed by atoms with van der Waals surface area (Å²) >= 11 is 0. The monoisotopic (exact) mass is 874 g/mol. The van der Waals surface area contributed by atoms with Crippen molar-refractivity contribution >= 4 is 76.6 Å². The lowest BCUT2D eigenvalue weighted by Gasteiger charge is -2.28. The standard InChI is InChI=1S/C64H42O4/c65-63(66)61-55(57(49-29-25-39-13-1-5-17-43(39)33-49)50-30-26-40-14-2-6-18-44(40)34-50)37-47-21-9-11-23-53(47)59(61)60-54-24-12-10-22-48(54)38-56(62(60)64(67)68)58(51-31-27-41-15-3-7-19-45(41)35-51)52-32-28-42-16-4-8-20-46(42)36-52/h1-38,57-58H,(H,65,66)(H,67,68). The molecule has 0 aliphatic heterocycles. The molecule has 68 heavy (non-hydrogen) atoms. The third kappa shape index (κ3) is 6.94. The van der Waals surface area contributed by atoms with Gasteiger partial charge in [-0.1, -0.05) is 218 Å². The first kappa shape index (κ1) is 40.6. The number of carbonyl (C=O) groups is 2. The number of hydrogen-bond acceptors (Lipinski definition) is 2. The molecule has 0 saturated heterocycles. The second-order valence-corrected chi connectivity index (χ2v) is 17.8. The second kappa shape index (κ2) is 16.5. The Morgan fingerprint density at radius 1 is 0.279 bits per heavy atom. The van der Waals surface area contributed by atoms with Crippen LogP contribution in [0.4, 0.5) is 0 Å². The minimum Gasteiger partial charge on any atom is -0.478 e. The Kier molecular flexibility index (Phi) is 9.88. The van der Waals surface area contributed by atoms with E-state index in [-0.39, 0.29) is 11.1 Å². The SMILES string of the molecule is O=C(O)c1c(C(c2ccc3ccccc3c2)c2ccc3ccccc3c2)cc2ccccc2c1-c1c(C(=O)O)c(C(c2ccc3ccccc3c2)c2ccc3ccccc3c2)cc2ccccc12. The van der Waals surface area contributed by atoms with Gasteiger partial charge in [0.15, 0.2) is 0 Å². The third-order valence-corrected chi connectivity index (χ3v) is 13.9. The summed E-state index contributed by atoms with van der Waals surface area (Å²) in [5.41, 5.74) is 5.72. The molecule has 0 radical (unpaired) electrons. The summed E-state index contributed by atoms with van der Waals surface area (Å²) in [5, 5.41) is 35.3. The molecule has 0 aliphatic rings. The van der Waals surface area contributed by atoms with Crippen LogP contribution in [0.1, 0.15) is 65.9 Å². The highest BCUT2D eigenvalue weighted by molar-refractivity contribution is 6.19. The first-order chi connectivity index (χ1) is 33.4. The number of carboxylic acid groups (broad SMARTS) is 2. The molecule has 0 unspecified atom stereocenters. The van der Waals surface area contributed by atoms with Crippen molar-refractivity contribution in [1.82, 2.24) is 0 Å². The summed E-state index contributed by atoms with van der Waals surface area (Å²) < 4.78 is 0. The molecule has 0 saturated carbocycles. The number of benzene rings is 12. The lowest BCUT2D eigenvalue weighted by molar-refractivity contribution is 0.0683. The van der Waals surface area contributed by atoms with E-state index in [1.54, 1.807) is 0 Å². The number of hydrogen-bond donors (Lipinski definition) is 2. The van der Waals surface area contributed by atoms with E-state index >= 15 is 0 Å². The maximum Gasteiger partial charge on any atom is 0.336 e. The maximum atomic E-state index is 14.6. The molecule has 322 valence electrons. The van der Waals surface area contributed by atoms with Gasteiger partial charge in [0.1, 0.15) is 0 Å². The topological polar surface area (TPSA) is 74.6 Å². The summed E-state index contributed by atoms with van der Waals surface area (Å²) in [7, 11) is 0. The van der Waals surface area contributed by atoms with E-state index in [0.717, 1.165) is 76.1 Å². The highest BCUT2D eigenvalue weighted by atomic mass is 16.4. The van der Waals surface area contributed by atoms with Crippen LogP contribution in [0.25, 0.3) is 75.8 Å². The summed E-state index contributed by atoms with van der Waals surface area (Å²) in [5.74, 6) is -3.38. The predicted octanol–water partition coefficient (Wildman–Crippen LogP) is 16.0. The lowest BCUT2D eigenvalue weighted by Crippen LogP contribution is -2.16. The molecular weight excluding hydrogens is 833 g/mol. The number of aromatic carboxylic acids is 2. The molecule has 12 aromatic rings. The van der Waals surface area contributed by atoms with Crippen molar-refractivity contribution in [3.8, 4) is 11.1 Å². The van der Waals surface area contributed by atoms with Gasteiger partial charge in [-0.15, -0.1) is 0 Å². The van der Waals surface area contributed by atoms with E-state index < -0.39 is 23.8 Å². The molecule has 4 nitrogen and oxygen atoms in total. The van der Waals surface area contributed by atoms with Crippen LogP contribution in [0.15, 0.2) is 231 Å². The average Bonchev–Trinajstić information content (AvgIpc) is 3.37. The zero-order valence-electron chi connectivity index (χ0n) is 36.8. The average molecular weight is 875 g/mol. The molecule has 2 N–H and O–H groups in total. The summed E-state index contributed by atoms with van der Waals surface area (Å²) in [4.78, 5) is 29.3. The van der Waals surface area contributed by atoms with Crippen molar-refractivity contribution in [2.45, 2.75) is 11.8 Å². The van der Waals surface area contributed by atoms with Crippen molar-refractivity contribution in [2.75, 3.05) is 0 Å². The first-order valence-corrected chi connectivity index (χ1v) is 22.9. The first-order valence-electron chi connectivity index (χ1n) is 22.9. The van der Waals surface area contributed by atoms with Gasteiger partial charge in [-0.3, -0.25) is 0 Å². The fourth-order valence-electron chi connectivity index (χ4n) is 10.8. The molecule has 12 aromatic carbocycles. The summed E-state index contributed by atoms with van der Waals surface area (Å²) in [6.07, 6.45) is 0. The van der Waals surface area contributed by atoms with Crippen molar-refractivity contribution in [1.29, 1.82) is 0 Å². The molecule has 4 heteroatoms. The van der Waals surface area contributed by atoms with Crippen LogP contribution < -0.4 is 0 Å². The highest BCUT2D eigenvalue weighted by Crippen LogP contribution is 2.49. The molecule has 0 aliphatic carbocycles. The zero-order chi connectivity index (χ0) is 45.9. The third-order valence-electron chi connectivity index (χ3n) is 13.9. The van der Waals surface area contributed by atoms with Crippen LogP contribution in [-0.4, -0.2) is 22.2 Å². The van der Waals surface area contributed by atoms with Crippen LogP contribution in [0.2, 0.25) is 0 Å². The fraction of sp³-hybridized carbons (Fsp3) is 0.0312. The van der Waals surface area contributed by atoms with Gasteiger partial charge in [-0.25, -0.2) is 9.59 Å². The van der Waals surface area contributed by atoms with Gasteiger partial charge in [-0.2, -0.15) is 0 Å². The second-order valence-electron chi connectivity index (χ2n) is 17.8. The fourth-order valence-corrected chi connectivity index (χ4v) is 10.8. The van der Waals surface area contributed by atoms with Crippen molar-refractivity contribution in [2.24, 2.45) is 0 Å². The summed E-state index contributed by atoms with van der Waals surface area (Å²) in [6.45, 7) is 0. The van der Waals surface area contributed by atoms with Crippen LogP contribution in [0.3, 0.4) is 0 Å². The Hall–Kier alpha value is -8.86. The minimum absolute atomic E-state index is 0.0628. The van der Waals surface area contributed by atoms with Crippen LogP contribution in [0, 0.1) is 0 Å². The Balaban J connectivity index is 1.22. The Labute approximate surface area is 392 Å². The summed E-state index contributed by atoms with van der Waals surface area (Å²) in [6, 6.07) is 77.8. The van der Waals surface area contributed by atoms with Gasteiger partial charge in [0.05, 0.1) is 11.1 Å². The molecule has 0 spiro atoms. The Morgan fingerprint density at radius 3 is 0.809 bits per heavy atom. The molecule has 0 heterocycles. The van der Waals surface area contributed by atoms with Gasteiger partial charge < -0.3 is 10.2 Å². The van der Waals surface area contributed by atoms with E-state index in [1.165, 1.54) is 0 Å². The predicted molar refractivity (Wildman–Crippen MR) is 278 cm³/mol. The van der Waals surface area contributed by atoms with E-state index in [4.69, 9.17) is 0 Å². The number of carboxylic acids is 2. The number of rotatable bonds is 9. The van der Waals surface area contributed by atoms with Crippen molar-refractivity contribution in [3.05, 3.63) is 275 Å². The molecule has 0 amide bonds. The van der Waals surface area contributed by atoms with Crippen LogP contribution in [-0.2, 0) is 0 Å². The quantitative estimate of drug-likeness (QED) is 0.142. The van der Waals surface area contributed by atoms with E-state index in [2.05, 4.69) is 121 Å². The highest BCUT2D eigenvalue weighted by Gasteiger charge is 2.34. The minimum atomic E-state index is -1.14. The lowest BCUT2D eigenvalue weighted by atomic mass is 9.75. The van der Waals surface area contributed by atoms with Crippen molar-refractivity contribution < 1.29 is 19.8 Å². The van der Waals surface area contributed by atoms with Gasteiger partial charge in [-0.05, 0) is 110 Å². The molecule has 0 bridgehead atoms. The Bertz CT molecular complexity index is 3590. The zero-order valence-corrected chi connectivity index (χ0v) is 36.8. The molecule has 0 fully saturated rings. The largest absolute Gasteiger partial charge is 0.478 e. The van der Waals surface area contributed by atoms with Gasteiger partial charge in [0.2, 0.25) is 0 Å². The van der Waals surface area contributed by atoms with E-state index in [1.807, 2.05) is 109 Å². The van der Waals surface area contributed by atoms with Gasteiger partial charge in [0, 0.05) is 23.0 Å². The van der Waals surface area contributed by atoms with E-state index in [9.17, 15) is 19.8 Å². The van der Waals surface area contributed by atoms with Crippen LogP contribution in [0.5, 0.6) is 0 Å². The molecule has 0 atom stereocenters. The van der Waals surface area contributed by atoms with Crippen LogP contribution >= 0.6 is 0 Å². The van der Waals surface area contributed by atoms with Gasteiger partial charge >= 0.3 is 11.9 Å². The van der Waals surface area contributed by atoms with E-state index in [0.29, 0.717) is 33.0 Å². The Morgan fingerprint density at radius 2 is 0.529 bits per heavy atom. The molecule has 12 rings (SSSR count). The van der Waals surface area contributed by atoms with Gasteiger partial charge in [0.25, 0.3) is 0 Å². The smallest absolute Gasteiger partial charge is 0.336 e. The number of fused-ring (bicyclic) bond motifs is 6. The van der Waals surface area contributed by atoms with Crippen molar-refractivity contribution in [3.63, 3.8) is 0 Å². The maximum absolute atomic E-state index is 14.6. The molecular formula is C64H42O4. The molecule has 0 aromatic heterocycles.